The van der Waals surface area contributed by atoms with E-state index >= 15 is 0 Å². The first-order chi connectivity index (χ1) is 10.7. The van der Waals surface area contributed by atoms with E-state index in [9.17, 15) is 9.59 Å². The summed E-state index contributed by atoms with van der Waals surface area (Å²) in [4.78, 5) is 29.5. The number of hydrogen-bond acceptors (Lipinski definition) is 4. The Morgan fingerprint density at radius 2 is 2.27 bits per heavy atom. The molecule has 1 aromatic carbocycles. The average Bonchev–Trinajstić information content (AvgIpc) is 2.93. The number of rotatable bonds is 4. The summed E-state index contributed by atoms with van der Waals surface area (Å²) in [6.45, 7) is 1.07. The van der Waals surface area contributed by atoms with E-state index in [2.05, 4.69) is 11.1 Å². The smallest absolute Gasteiger partial charge is 0.310 e. The van der Waals surface area contributed by atoms with Crippen molar-refractivity contribution in [1.29, 1.82) is 0 Å². The zero-order valence-electron chi connectivity index (χ0n) is 12.5. The van der Waals surface area contributed by atoms with Crippen LogP contribution < -0.4 is 0 Å². The van der Waals surface area contributed by atoms with E-state index in [0.717, 1.165) is 22.9 Å². The third kappa shape index (κ3) is 2.93. The third-order valence-corrected chi connectivity index (χ3v) is 4.09. The standard InChI is InChI=1S/C17H18N2O3/c1-22-17(21)14-10-16(20)19(11-14)8-6-12-4-5-13-3-2-7-18-15(13)9-12/h2-5,7,9,14H,6,8,10-11H2,1H3. The minimum absolute atomic E-state index is 0.0225. The number of ether oxygens (including phenoxy) is 1. The molecule has 1 unspecified atom stereocenters. The van der Waals surface area contributed by atoms with E-state index in [4.69, 9.17) is 4.74 Å². The van der Waals surface area contributed by atoms with Gasteiger partial charge in [-0.25, -0.2) is 0 Å². The van der Waals surface area contributed by atoms with Crippen molar-refractivity contribution >= 4 is 22.8 Å². The normalized spacial score (nSPS) is 18.0. The highest BCUT2D eigenvalue weighted by molar-refractivity contribution is 5.86. The molecule has 1 aromatic heterocycles. The quantitative estimate of drug-likeness (QED) is 0.808. The van der Waals surface area contributed by atoms with Crippen LogP contribution in [0.4, 0.5) is 0 Å². The molecule has 2 aromatic rings. The first kappa shape index (κ1) is 14.5. The van der Waals surface area contributed by atoms with E-state index in [1.54, 1.807) is 11.1 Å². The lowest BCUT2D eigenvalue weighted by molar-refractivity contribution is -0.145. The van der Waals surface area contributed by atoms with Crippen LogP contribution in [0, 0.1) is 5.92 Å². The molecule has 0 radical (unpaired) electrons. The summed E-state index contributed by atoms with van der Waals surface area (Å²) in [7, 11) is 1.36. The number of aromatic nitrogens is 1. The Labute approximate surface area is 128 Å². The van der Waals surface area contributed by atoms with Crippen LogP contribution in [0.15, 0.2) is 36.5 Å². The number of benzene rings is 1. The molecule has 1 fully saturated rings. The van der Waals surface area contributed by atoms with Gasteiger partial charge in [0.25, 0.3) is 0 Å². The molecule has 1 atom stereocenters. The van der Waals surface area contributed by atoms with Crippen molar-refractivity contribution in [1.82, 2.24) is 9.88 Å². The van der Waals surface area contributed by atoms with E-state index in [1.165, 1.54) is 7.11 Å². The summed E-state index contributed by atoms with van der Waals surface area (Å²) in [6.07, 6.45) is 2.79. The second kappa shape index (κ2) is 6.13. The number of carbonyl (C=O) groups is 2. The predicted octanol–water partition coefficient (Wildman–Crippen LogP) is 1.80. The molecule has 0 saturated carbocycles. The van der Waals surface area contributed by atoms with E-state index in [1.807, 2.05) is 24.3 Å². The van der Waals surface area contributed by atoms with Crippen molar-refractivity contribution in [2.45, 2.75) is 12.8 Å². The molecule has 0 spiro atoms. The zero-order valence-corrected chi connectivity index (χ0v) is 12.5. The molecule has 0 N–H and O–H groups in total. The van der Waals surface area contributed by atoms with Gasteiger partial charge in [-0.15, -0.1) is 0 Å². The maximum absolute atomic E-state index is 11.9. The SMILES string of the molecule is COC(=O)C1CC(=O)N(CCc2ccc3cccnc3c2)C1. The number of likely N-dealkylation sites (tertiary alicyclic amines) is 1. The van der Waals surface area contributed by atoms with Gasteiger partial charge in [0.1, 0.15) is 0 Å². The fourth-order valence-electron chi connectivity index (χ4n) is 2.84. The van der Waals surface area contributed by atoms with Gasteiger partial charge in [0, 0.05) is 31.1 Å². The van der Waals surface area contributed by atoms with E-state index in [0.29, 0.717) is 13.1 Å². The molecule has 5 heteroatoms. The Balaban J connectivity index is 1.64. The van der Waals surface area contributed by atoms with Crippen LogP contribution in [0.3, 0.4) is 0 Å². The fraction of sp³-hybridized carbons (Fsp3) is 0.353. The number of fused-ring (bicyclic) bond motifs is 1. The highest BCUT2D eigenvalue weighted by Gasteiger charge is 2.34. The molecule has 1 saturated heterocycles. The largest absolute Gasteiger partial charge is 0.469 e. The maximum atomic E-state index is 11.9. The minimum Gasteiger partial charge on any atom is -0.469 e. The van der Waals surface area contributed by atoms with Gasteiger partial charge in [0.15, 0.2) is 0 Å². The Bertz CT molecular complexity index is 714. The number of pyridine rings is 1. The van der Waals surface area contributed by atoms with Crippen LogP contribution >= 0.6 is 0 Å². The molecule has 0 aliphatic carbocycles. The summed E-state index contributed by atoms with van der Waals surface area (Å²) < 4.78 is 4.72. The van der Waals surface area contributed by atoms with Crippen LogP contribution in [0.2, 0.25) is 0 Å². The molecule has 114 valence electrons. The lowest BCUT2D eigenvalue weighted by Gasteiger charge is -2.16. The van der Waals surface area contributed by atoms with Gasteiger partial charge >= 0.3 is 5.97 Å². The van der Waals surface area contributed by atoms with Crippen molar-refractivity contribution in [3.05, 3.63) is 42.1 Å². The fourth-order valence-corrected chi connectivity index (χ4v) is 2.84. The topological polar surface area (TPSA) is 59.5 Å². The van der Waals surface area contributed by atoms with Crippen LogP contribution in [0.1, 0.15) is 12.0 Å². The van der Waals surface area contributed by atoms with Crippen LogP contribution in [0.25, 0.3) is 10.9 Å². The van der Waals surface area contributed by atoms with Crippen molar-refractivity contribution in [2.24, 2.45) is 5.92 Å². The number of methoxy groups -OCH3 is 1. The molecule has 1 amide bonds. The Hall–Kier alpha value is -2.43. The number of esters is 1. The molecule has 1 aliphatic heterocycles. The van der Waals surface area contributed by atoms with Gasteiger partial charge in [0.2, 0.25) is 5.91 Å². The van der Waals surface area contributed by atoms with E-state index < -0.39 is 0 Å². The number of amides is 1. The second-order valence-electron chi connectivity index (χ2n) is 5.54. The number of hydrogen-bond donors (Lipinski definition) is 0. The minimum atomic E-state index is -0.323. The van der Waals surface area contributed by atoms with Gasteiger partial charge in [-0.3, -0.25) is 14.6 Å². The molecule has 22 heavy (non-hydrogen) atoms. The molecule has 5 nitrogen and oxygen atoms in total. The third-order valence-electron chi connectivity index (χ3n) is 4.09. The molecule has 0 bridgehead atoms. The van der Waals surface area contributed by atoms with Crippen molar-refractivity contribution in [3.63, 3.8) is 0 Å². The highest BCUT2D eigenvalue weighted by atomic mass is 16.5. The lowest BCUT2D eigenvalue weighted by atomic mass is 10.1. The first-order valence-corrected chi connectivity index (χ1v) is 7.36. The summed E-state index contributed by atoms with van der Waals surface area (Å²) in [5.74, 6) is -0.601. The molecule has 3 rings (SSSR count). The van der Waals surface area contributed by atoms with Crippen LogP contribution in [-0.2, 0) is 20.7 Å². The zero-order chi connectivity index (χ0) is 15.5. The summed E-state index contributed by atoms with van der Waals surface area (Å²) in [5, 5.41) is 1.11. The maximum Gasteiger partial charge on any atom is 0.310 e. The Morgan fingerprint density at radius 1 is 1.41 bits per heavy atom. The molecule has 1 aliphatic rings. The lowest BCUT2D eigenvalue weighted by Crippen LogP contribution is -2.28. The van der Waals surface area contributed by atoms with Gasteiger partial charge in [-0.05, 0) is 24.1 Å². The van der Waals surface area contributed by atoms with Gasteiger partial charge in [-0.1, -0.05) is 18.2 Å². The number of nitrogens with zero attached hydrogens (tertiary/aromatic N) is 2. The Morgan fingerprint density at radius 3 is 3.09 bits per heavy atom. The van der Waals surface area contributed by atoms with Crippen LogP contribution in [0.5, 0.6) is 0 Å². The second-order valence-corrected chi connectivity index (χ2v) is 5.54. The van der Waals surface area contributed by atoms with Gasteiger partial charge < -0.3 is 9.64 Å². The number of carbonyl (C=O) groups excluding carboxylic acids is 2. The highest BCUT2D eigenvalue weighted by Crippen LogP contribution is 2.20. The van der Waals surface area contributed by atoms with Crippen molar-refractivity contribution in [2.75, 3.05) is 20.2 Å². The van der Waals surface area contributed by atoms with Gasteiger partial charge in [0.05, 0.1) is 18.5 Å². The summed E-state index contributed by atoms with van der Waals surface area (Å²) >= 11 is 0. The Kier molecular flexibility index (Phi) is 4.04. The summed E-state index contributed by atoms with van der Waals surface area (Å²) in [6, 6.07) is 10.1. The first-order valence-electron chi connectivity index (χ1n) is 7.36. The molecular weight excluding hydrogens is 280 g/mol. The summed E-state index contributed by atoms with van der Waals surface area (Å²) in [5.41, 5.74) is 2.10. The van der Waals surface area contributed by atoms with Crippen molar-refractivity contribution in [3.8, 4) is 0 Å². The van der Waals surface area contributed by atoms with Gasteiger partial charge in [-0.2, -0.15) is 0 Å². The van der Waals surface area contributed by atoms with Crippen molar-refractivity contribution < 1.29 is 14.3 Å². The monoisotopic (exact) mass is 298 g/mol. The average molecular weight is 298 g/mol. The van der Waals surface area contributed by atoms with E-state index in [-0.39, 0.29) is 24.2 Å². The van der Waals surface area contributed by atoms with Crippen LogP contribution in [-0.4, -0.2) is 42.0 Å². The predicted molar refractivity (Wildman–Crippen MR) is 82.2 cm³/mol. The molecular formula is C17H18N2O3. The molecule has 2 heterocycles.